The lowest BCUT2D eigenvalue weighted by Gasteiger charge is -2.43. The Bertz CT molecular complexity index is 588. The lowest BCUT2D eigenvalue weighted by atomic mass is 9.73. The summed E-state index contributed by atoms with van der Waals surface area (Å²) in [5.74, 6) is -1.30. The summed E-state index contributed by atoms with van der Waals surface area (Å²) in [6.07, 6.45) is -1.01. The summed E-state index contributed by atoms with van der Waals surface area (Å²) in [6.45, 7) is 7.44. The van der Waals surface area contributed by atoms with Crippen molar-refractivity contribution in [2.45, 2.75) is 82.1 Å². The first-order chi connectivity index (χ1) is 12.5. The number of nitrogens with one attached hydrogen (secondary N) is 2. The molecule has 4 N–H and O–H groups in total. The lowest BCUT2D eigenvalue weighted by Crippen LogP contribution is -2.64. The van der Waals surface area contributed by atoms with Crippen LogP contribution in [0.4, 0.5) is 4.79 Å². The first kappa shape index (κ1) is 21.9. The van der Waals surface area contributed by atoms with Crippen molar-refractivity contribution in [1.82, 2.24) is 10.6 Å². The summed E-state index contributed by atoms with van der Waals surface area (Å²) in [4.78, 5) is 23.6. The average molecular weight is 388 g/mol. The Morgan fingerprint density at radius 3 is 2.56 bits per heavy atom. The number of likely N-dealkylation sites (N-methyl/N-ethyl adjacent to an activating group) is 1. The van der Waals surface area contributed by atoms with Gasteiger partial charge in [0.05, 0.1) is 5.60 Å². The highest BCUT2D eigenvalue weighted by atomic mass is 16.6. The Balaban J connectivity index is 2.29. The van der Waals surface area contributed by atoms with E-state index in [0.717, 1.165) is 0 Å². The van der Waals surface area contributed by atoms with Crippen LogP contribution in [-0.2, 0) is 19.0 Å². The molecule has 0 saturated carbocycles. The maximum Gasteiger partial charge on any atom is 0.409 e. The number of rotatable bonds is 9. The molecule has 0 aromatic carbocycles. The third kappa shape index (κ3) is 3.78. The fraction of sp³-hybridized carbons (Fsp3) is 0.889. The molecule has 0 spiro atoms. The van der Waals surface area contributed by atoms with Crippen molar-refractivity contribution >= 4 is 12.1 Å². The monoisotopic (exact) mass is 388 g/mol. The molecule has 2 aliphatic heterocycles. The molecule has 0 radical (unpaired) electrons. The first-order valence-electron chi connectivity index (χ1n) is 9.32. The van der Waals surface area contributed by atoms with Crippen LogP contribution in [0.3, 0.4) is 0 Å². The number of ether oxygens (including phenoxy) is 3. The second-order valence-electron chi connectivity index (χ2n) is 7.82. The molecule has 2 heterocycles. The number of methoxy groups -OCH3 is 1. The van der Waals surface area contributed by atoms with Gasteiger partial charge in [-0.25, -0.2) is 4.79 Å². The molecule has 1 amide bonds. The highest BCUT2D eigenvalue weighted by Gasteiger charge is 2.71. The highest BCUT2D eigenvalue weighted by molar-refractivity contribution is 5.73. The van der Waals surface area contributed by atoms with Crippen molar-refractivity contribution in [3.05, 3.63) is 0 Å². The molecule has 9 heteroatoms. The van der Waals surface area contributed by atoms with E-state index in [2.05, 4.69) is 10.6 Å². The Kier molecular flexibility index (Phi) is 6.11. The molecule has 7 atom stereocenters. The third-order valence-electron chi connectivity index (χ3n) is 6.50. The number of epoxide rings is 1. The van der Waals surface area contributed by atoms with Crippen molar-refractivity contribution in [2.75, 3.05) is 14.2 Å². The van der Waals surface area contributed by atoms with Crippen LogP contribution in [0.15, 0.2) is 0 Å². The highest BCUT2D eigenvalue weighted by Crippen LogP contribution is 2.59. The second kappa shape index (κ2) is 7.54. The fourth-order valence-corrected chi connectivity index (χ4v) is 4.17. The number of carboxylic acid groups (broad SMARTS) is 1. The predicted octanol–water partition coefficient (Wildman–Crippen LogP) is 0.845. The van der Waals surface area contributed by atoms with E-state index >= 15 is 0 Å². The summed E-state index contributed by atoms with van der Waals surface area (Å²) in [7, 11) is 3.04. The van der Waals surface area contributed by atoms with E-state index in [1.54, 1.807) is 14.0 Å². The van der Waals surface area contributed by atoms with E-state index in [4.69, 9.17) is 14.2 Å². The minimum absolute atomic E-state index is 0.108. The number of hydrogen-bond donors (Lipinski definition) is 4. The first-order valence-corrected chi connectivity index (χ1v) is 9.32. The van der Waals surface area contributed by atoms with Gasteiger partial charge in [0.1, 0.15) is 23.9 Å². The van der Waals surface area contributed by atoms with Crippen molar-refractivity contribution in [2.24, 2.45) is 5.92 Å². The van der Waals surface area contributed by atoms with Gasteiger partial charge in [-0.05, 0) is 27.3 Å². The zero-order valence-electron chi connectivity index (χ0n) is 16.9. The number of alkyl carbamates (subject to hydrolysis) is 1. The molecule has 9 nitrogen and oxygen atoms in total. The van der Waals surface area contributed by atoms with Crippen LogP contribution in [0.25, 0.3) is 0 Å². The van der Waals surface area contributed by atoms with Gasteiger partial charge in [-0.3, -0.25) is 10.1 Å². The maximum atomic E-state index is 12.1. The van der Waals surface area contributed by atoms with E-state index in [9.17, 15) is 19.8 Å². The van der Waals surface area contributed by atoms with Gasteiger partial charge in [-0.1, -0.05) is 13.8 Å². The third-order valence-corrected chi connectivity index (χ3v) is 6.50. The summed E-state index contributed by atoms with van der Waals surface area (Å²) in [5.41, 5.74) is -2.89. The van der Waals surface area contributed by atoms with Crippen LogP contribution in [-0.4, -0.2) is 71.6 Å². The fourth-order valence-electron chi connectivity index (χ4n) is 4.17. The minimum Gasteiger partial charge on any atom is -0.480 e. The number of aliphatic carboxylic acids is 1. The molecule has 0 bridgehead atoms. The SMILES string of the molecule is CCC1(C)OC1(CC(NC)C(=O)O)C(C)C1CC(O)(C(C)OC)NC(=O)O1. The van der Waals surface area contributed by atoms with Gasteiger partial charge < -0.3 is 29.7 Å². The summed E-state index contributed by atoms with van der Waals surface area (Å²) in [6, 6.07) is -0.796. The minimum atomic E-state index is -1.57. The van der Waals surface area contributed by atoms with Gasteiger partial charge in [0, 0.05) is 25.9 Å². The number of carbonyl (C=O) groups excluding carboxylic acids is 1. The molecule has 7 unspecified atom stereocenters. The molecule has 2 rings (SSSR count). The van der Waals surface area contributed by atoms with Gasteiger partial charge in [0.15, 0.2) is 5.72 Å². The van der Waals surface area contributed by atoms with Crippen LogP contribution in [0.2, 0.25) is 0 Å². The van der Waals surface area contributed by atoms with Gasteiger partial charge in [0.2, 0.25) is 0 Å². The summed E-state index contributed by atoms with van der Waals surface area (Å²) >= 11 is 0. The molecule has 2 saturated heterocycles. The molecule has 2 aliphatic rings. The smallest absolute Gasteiger partial charge is 0.409 e. The lowest BCUT2D eigenvalue weighted by molar-refractivity contribution is -0.155. The van der Waals surface area contributed by atoms with E-state index in [1.807, 2.05) is 20.8 Å². The number of hydrogen-bond acceptors (Lipinski definition) is 7. The standard InChI is InChI=1S/C18H32N2O7/c1-7-16(4)17(27-16,8-12(19-5)14(21)22)10(2)13-9-18(24,11(3)25-6)20-15(23)26-13/h10-13,19,24H,7-9H2,1-6H3,(H,20,23)(H,21,22). The van der Waals surface area contributed by atoms with E-state index in [0.29, 0.717) is 6.42 Å². The van der Waals surface area contributed by atoms with Crippen LogP contribution >= 0.6 is 0 Å². The molecule has 27 heavy (non-hydrogen) atoms. The van der Waals surface area contributed by atoms with Crippen molar-refractivity contribution in [3.8, 4) is 0 Å². The van der Waals surface area contributed by atoms with E-state index < -0.39 is 47.2 Å². The summed E-state index contributed by atoms with van der Waals surface area (Å²) in [5, 5.41) is 25.5. The predicted molar refractivity (Wildman–Crippen MR) is 96.2 cm³/mol. The molecular formula is C18H32N2O7. The maximum absolute atomic E-state index is 12.1. The van der Waals surface area contributed by atoms with E-state index in [-0.39, 0.29) is 18.8 Å². The Morgan fingerprint density at radius 2 is 2.11 bits per heavy atom. The molecule has 0 aliphatic carbocycles. The van der Waals surface area contributed by atoms with Gasteiger partial charge in [-0.2, -0.15) is 0 Å². The van der Waals surface area contributed by atoms with Crippen molar-refractivity contribution in [3.63, 3.8) is 0 Å². The quantitative estimate of drug-likeness (QED) is 0.428. The molecule has 0 aromatic rings. The number of cyclic esters (lactones) is 1. The van der Waals surface area contributed by atoms with Crippen LogP contribution in [0, 0.1) is 5.92 Å². The van der Waals surface area contributed by atoms with Gasteiger partial charge in [0.25, 0.3) is 0 Å². The topological polar surface area (TPSA) is 130 Å². The number of carbonyl (C=O) groups is 2. The Hall–Kier alpha value is -1.42. The normalized spacial score (nSPS) is 39.1. The number of aliphatic hydroxyl groups is 1. The average Bonchev–Trinajstić information content (AvgIpc) is 3.23. The zero-order valence-corrected chi connectivity index (χ0v) is 16.9. The summed E-state index contributed by atoms with van der Waals surface area (Å²) < 4.78 is 16.8. The number of carboxylic acids is 1. The second-order valence-corrected chi connectivity index (χ2v) is 7.82. The molecular weight excluding hydrogens is 356 g/mol. The number of amides is 1. The largest absolute Gasteiger partial charge is 0.480 e. The molecule has 0 aromatic heterocycles. The Labute approximate surface area is 159 Å². The molecule has 2 fully saturated rings. The van der Waals surface area contributed by atoms with Crippen molar-refractivity contribution < 1.29 is 34.0 Å². The van der Waals surface area contributed by atoms with Crippen LogP contribution in [0.5, 0.6) is 0 Å². The zero-order chi connectivity index (χ0) is 20.6. The van der Waals surface area contributed by atoms with Crippen LogP contribution < -0.4 is 10.6 Å². The van der Waals surface area contributed by atoms with E-state index in [1.165, 1.54) is 7.11 Å². The molecule has 156 valence electrons. The van der Waals surface area contributed by atoms with Crippen molar-refractivity contribution in [1.29, 1.82) is 0 Å². The van der Waals surface area contributed by atoms with Gasteiger partial charge in [-0.15, -0.1) is 0 Å². The van der Waals surface area contributed by atoms with Crippen LogP contribution in [0.1, 0.15) is 47.0 Å². The van der Waals surface area contributed by atoms with Gasteiger partial charge >= 0.3 is 12.1 Å². The Morgan fingerprint density at radius 1 is 1.48 bits per heavy atom.